The predicted octanol–water partition coefficient (Wildman–Crippen LogP) is 1.97. The molecule has 0 fully saturated rings. The third kappa shape index (κ3) is 1.19. The number of nitrogens with zero attached hydrogens (tertiary/aromatic N) is 1. The minimum absolute atomic E-state index is 0.829. The topological polar surface area (TPSA) is 42.4 Å². The molecule has 1 aromatic heterocycles. The van der Waals surface area contributed by atoms with Crippen molar-refractivity contribution in [3.05, 3.63) is 48.6 Å². The Kier molecular flexibility index (Phi) is 1.79. The van der Waals surface area contributed by atoms with E-state index < -0.39 is 0 Å². The van der Waals surface area contributed by atoms with Gasteiger partial charge in [0.05, 0.1) is 12.0 Å². The van der Waals surface area contributed by atoms with Crippen molar-refractivity contribution in [3.63, 3.8) is 0 Å². The second-order valence-electron chi connectivity index (χ2n) is 2.71. The van der Waals surface area contributed by atoms with Crippen molar-refractivity contribution < 1.29 is 4.42 Å². The van der Waals surface area contributed by atoms with Gasteiger partial charge in [0.15, 0.2) is 0 Å². The van der Waals surface area contributed by atoms with E-state index in [2.05, 4.69) is 6.58 Å². The van der Waals surface area contributed by atoms with E-state index in [-0.39, 0.29) is 0 Å². The number of allylic oxidation sites excluding steroid dienone is 2. The third-order valence-electron chi connectivity index (χ3n) is 1.91. The minimum atomic E-state index is 0.829. The zero-order valence-corrected chi connectivity index (χ0v) is 7.10. The summed E-state index contributed by atoms with van der Waals surface area (Å²) in [5, 5.41) is 1.54. The third-order valence-corrected chi connectivity index (χ3v) is 1.91. The maximum absolute atomic E-state index is 5.73. The average molecular weight is 174 g/mol. The fraction of sp³-hybridized carbons (Fsp3) is 0. The van der Waals surface area contributed by atoms with Crippen LogP contribution in [0.1, 0.15) is 11.3 Å². The number of rotatable bonds is 1. The molecule has 2 heterocycles. The molecule has 1 aromatic rings. The molecule has 0 saturated carbocycles. The largest absolute Gasteiger partial charge is 0.464 e. The van der Waals surface area contributed by atoms with E-state index in [9.17, 15) is 0 Å². The smallest absolute Gasteiger partial charge is 0.137 e. The molecule has 1 aliphatic rings. The Morgan fingerprint density at radius 1 is 1.54 bits per heavy atom. The molecule has 3 nitrogen and oxygen atoms in total. The Labute approximate surface area is 76.4 Å². The monoisotopic (exact) mass is 174 g/mol. The number of nitrogens with two attached hydrogens (primary N) is 1. The van der Waals surface area contributed by atoms with E-state index in [4.69, 9.17) is 10.3 Å². The lowest BCUT2D eigenvalue weighted by molar-refractivity contribution is 0.531. The standard InChI is InChI=1S/C10H10N2O/c1-2-3-9-8-5-7-13-10(8)4-6-12(9)11/h2-7H,1,11H2/b9-3-. The predicted molar refractivity (Wildman–Crippen MR) is 51.9 cm³/mol. The Morgan fingerprint density at radius 3 is 3.15 bits per heavy atom. The average Bonchev–Trinajstić information content (AvgIpc) is 2.58. The van der Waals surface area contributed by atoms with Crippen molar-refractivity contribution in [2.24, 2.45) is 5.84 Å². The lowest BCUT2D eigenvalue weighted by Crippen LogP contribution is -2.24. The quantitative estimate of drug-likeness (QED) is 0.662. The number of hydrogen-bond donors (Lipinski definition) is 1. The summed E-state index contributed by atoms with van der Waals surface area (Å²) in [4.78, 5) is 0. The summed E-state index contributed by atoms with van der Waals surface area (Å²) in [5.41, 5.74) is 1.88. The van der Waals surface area contributed by atoms with E-state index in [0.29, 0.717) is 0 Å². The van der Waals surface area contributed by atoms with Crippen LogP contribution in [0.2, 0.25) is 0 Å². The van der Waals surface area contributed by atoms with Crippen LogP contribution in [0.15, 0.2) is 41.7 Å². The zero-order chi connectivity index (χ0) is 9.26. The highest BCUT2D eigenvalue weighted by atomic mass is 16.3. The fourth-order valence-corrected chi connectivity index (χ4v) is 1.32. The normalized spacial score (nSPS) is 17.6. The molecule has 0 bridgehead atoms. The van der Waals surface area contributed by atoms with Crippen LogP contribution >= 0.6 is 0 Å². The summed E-state index contributed by atoms with van der Waals surface area (Å²) >= 11 is 0. The molecule has 0 atom stereocenters. The van der Waals surface area contributed by atoms with E-state index >= 15 is 0 Å². The first-order valence-corrected chi connectivity index (χ1v) is 3.95. The fourth-order valence-electron chi connectivity index (χ4n) is 1.32. The van der Waals surface area contributed by atoms with Crippen LogP contribution in [0.3, 0.4) is 0 Å². The first-order chi connectivity index (χ1) is 6.33. The van der Waals surface area contributed by atoms with Gasteiger partial charge in [-0.15, -0.1) is 0 Å². The van der Waals surface area contributed by atoms with E-state index in [1.807, 2.05) is 18.2 Å². The highest BCUT2D eigenvalue weighted by Gasteiger charge is 2.15. The van der Waals surface area contributed by atoms with Crippen LogP contribution < -0.4 is 5.84 Å². The zero-order valence-electron chi connectivity index (χ0n) is 7.10. The summed E-state index contributed by atoms with van der Waals surface area (Å²) < 4.78 is 5.24. The molecule has 0 saturated heterocycles. The number of furan rings is 1. The van der Waals surface area contributed by atoms with Gasteiger partial charge in [-0.25, -0.2) is 5.84 Å². The van der Waals surface area contributed by atoms with Gasteiger partial charge in [0.25, 0.3) is 0 Å². The van der Waals surface area contributed by atoms with Crippen LogP contribution in [0, 0.1) is 0 Å². The second kappa shape index (κ2) is 2.95. The molecular formula is C10H10N2O. The minimum Gasteiger partial charge on any atom is -0.464 e. The molecule has 2 rings (SSSR count). The first kappa shape index (κ1) is 7.89. The van der Waals surface area contributed by atoms with Crippen LogP contribution in [0.5, 0.6) is 0 Å². The maximum Gasteiger partial charge on any atom is 0.137 e. The van der Waals surface area contributed by atoms with Gasteiger partial charge < -0.3 is 4.42 Å². The summed E-state index contributed by atoms with van der Waals surface area (Å²) in [6.07, 6.45) is 8.77. The molecule has 2 N–H and O–H groups in total. The molecular weight excluding hydrogens is 164 g/mol. The highest BCUT2D eigenvalue weighted by Crippen LogP contribution is 2.27. The van der Waals surface area contributed by atoms with E-state index in [1.165, 1.54) is 0 Å². The van der Waals surface area contributed by atoms with Crippen LogP contribution in [-0.2, 0) is 0 Å². The molecule has 0 radical (unpaired) electrons. The van der Waals surface area contributed by atoms with Crippen molar-refractivity contribution in [1.82, 2.24) is 5.01 Å². The molecule has 1 aliphatic heterocycles. The Bertz CT molecular complexity index is 387. The van der Waals surface area contributed by atoms with Crippen molar-refractivity contribution >= 4 is 11.8 Å². The molecule has 0 spiro atoms. The summed E-state index contributed by atoms with van der Waals surface area (Å²) in [6.45, 7) is 3.63. The van der Waals surface area contributed by atoms with Crippen molar-refractivity contribution in [1.29, 1.82) is 0 Å². The van der Waals surface area contributed by atoms with Crippen molar-refractivity contribution in [3.8, 4) is 0 Å². The van der Waals surface area contributed by atoms with Gasteiger partial charge in [-0.05, 0) is 18.2 Å². The Hall–Kier alpha value is -1.74. The van der Waals surface area contributed by atoms with Gasteiger partial charge in [0, 0.05) is 11.8 Å². The SMILES string of the molecule is C=C/C=C1/c2ccoc2C=CN1N. The molecule has 66 valence electrons. The highest BCUT2D eigenvalue weighted by molar-refractivity contribution is 5.75. The van der Waals surface area contributed by atoms with E-state index in [0.717, 1.165) is 17.0 Å². The molecule has 13 heavy (non-hydrogen) atoms. The van der Waals surface area contributed by atoms with E-state index in [1.54, 1.807) is 23.5 Å². The van der Waals surface area contributed by atoms with Gasteiger partial charge >= 0.3 is 0 Å². The summed E-state index contributed by atoms with van der Waals surface area (Å²) in [5.74, 6) is 6.56. The molecule has 3 heteroatoms. The summed E-state index contributed by atoms with van der Waals surface area (Å²) in [6, 6.07) is 1.88. The maximum atomic E-state index is 5.73. The lowest BCUT2D eigenvalue weighted by Gasteiger charge is -2.20. The van der Waals surface area contributed by atoms with Crippen LogP contribution in [-0.4, -0.2) is 5.01 Å². The van der Waals surface area contributed by atoms with Gasteiger partial charge in [0.1, 0.15) is 5.76 Å². The van der Waals surface area contributed by atoms with Gasteiger partial charge in [0.2, 0.25) is 0 Å². The second-order valence-corrected chi connectivity index (χ2v) is 2.71. The molecule has 0 unspecified atom stereocenters. The number of hydrogen-bond acceptors (Lipinski definition) is 3. The van der Waals surface area contributed by atoms with Gasteiger partial charge in [-0.3, -0.25) is 5.01 Å². The first-order valence-electron chi connectivity index (χ1n) is 3.95. The Morgan fingerprint density at radius 2 is 2.38 bits per heavy atom. The van der Waals surface area contributed by atoms with Crippen molar-refractivity contribution in [2.45, 2.75) is 0 Å². The molecule has 0 aliphatic carbocycles. The van der Waals surface area contributed by atoms with Gasteiger partial charge in [-0.1, -0.05) is 12.7 Å². The lowest BCUT2D eigenvalue weighted by atomic mass is 10.1. The van der Waals surface area contributed by atoms with Crippen molar-refractivity contribution in [2.75, 3.05) is 0 Å². The Balaban J connectivity index is 2.55. The number of fused-ring (bicyclic) bond motifs is 1. The van der Waals surface area contributed by atoms with Crippen LogP contribution in [0.4, 0.5) is 0 Å². The number of hydrazine groups is 1. The van der Waals surface area contributed by atoms with Crippen LogP contribution in [0.25, 0.3) is 11.8 Å². The molecule has 0 amide bonds. The van der Waals surface area contributed by atoms with Gasteiger partial charge in [-0.2, -0.15) is 0 Å². The summed E-state index contributed by atoms with van der Waals surface area (Å²) in [7, 11) is 0. The molecule has 0 aromatic carbocycles.